The summed E-state index contributed by atoms with van der Waals surface area (Å²) in [5.41, 5.74) is 0.744. The molecule has 15 heavy (non-hydrogen) atoms. The Kier molecular flexibility index (Phi) is 2.54. The van der Waals surface area contributed by atoms with Crippen LogP contribution >= 0.6 is 0 Å². The highest BCUT2D eigenvalue weighted by molar-refractivity contribution is 5.87. The molecule has 0 saturated heterocycles. The Morgan fingerprint density at radius 1 is 1.07 bits per heavy atom. The lowest BCUT2D eigenvalue weighted by molar-refractivity contribution is -0.0501. The first kappa shape index (κ1) is 9.90. The van der Waals surface area contributed by atoms with Crippen LogP contribution in [0.5, 0.6) is 5.75 Å². The van der Waals surface area contributed by atoms with Crippen LogP contribution in [-0.4, -0.2) is 6.61 Å². The molecule has 3 heteroatoms. The number of hydrogen-bond donors (Lipinski definition) is 0. The van der Waals surface area contributed by atoms with E-state index in [9.17, 15) is 8.78 Å². The monoisotopic (exact) mass is 208 g/mol. The van der Waals surface area contributed by atoms with Crippen molar-refractivity contribution in [1.82, 2.24) is 0 Å². The summed E-state index contributed by atoms with van der Waals surface area (Å²) < 4.78 is 28.6. The second-order valence-corrected chi connectivity index (χ2v) is 3.29. The van der Waals surface area contributed by atoms with E-state index in [4.69, 9.17) is 0 Å². The minimum atomic E-state index is -2.77. The third kappa shape index (κ3) is 1.91. The van der Waals surface area contributed by atoms with Crippen LogP contribution in [0, 0.1) is 6.92 Å². The molecule has 0 heterocycles. The second-order valence-electron chi connectivity index (χ2n) is 3.29. The number of rotatable bonds is 2. The van der Waals surface area contributed by atoms with E-state index in [-0.39, 0.29) is 5.75 Å². The number of fused-ring (bicyclic) bond motifs is 1. The maximum atomic E-state index is 12.1. The molecule has 0 radical (unpaired) electrons. The summed E-state index contributed by atoms with van der Waals surface area (Å²) in [6.07, 6.45) is 0. The van der Waals surface area contributed by atoms with Gasteiger partial charge in [0.05, 0.1) is 0 Å². The Balaban J connectivity index is 2.55. The fourth-order valence-corrected chi connectivity index (χ4v) is 1.63. The Morgan fingerprint density at radius 2 is 1.80 bits per heavy atom. The molecule has 2 aromatic rings. The predicted octanol–water partition coefficient (Wildman–Crippen LogP) is 3.75. The van der Waals surface area contributed by atoms with E-state index in [1.165, 1.54) is 0 Å². The molecular weight excluding hydrogens is 198 g/mol. The molecule has 0 saturated carbocycles. The van der Waals surface area contributed by atoms with Gasteiger partial charge in [0.25, 0.3) is 0 Å². The standard InChI is InChI=1S/C12H10F2O/c1-8-10-5-3-2-4-9(10)6-7-11(8)15-12(13)14/h2-7,12H,1H3. The molecular formula is C12H10F2O. The van der Waals surface area contributed by atoms with Crippen molar-refractivity contribution in [1.29, 1.82) is 0 Å². The summed E-state index contributed by atoms with van der Waals surface area (Å²) in [6.45, 7) is -0.995. The lowest BCUT2D eigenvalue weighted by Gasteiger charge is -2.09. The molecule has 0 atom stereocenters. The second kappa shape index (κ2) is 3.85. The molecule has 0 fully saturated rings. The average Bonchev–Trinajstić information content (AvgIpc) is 2.22. The third-order valence-electron chi connectivity index (χ3n) is 2.36. The van der Waals surface area contributed by atoms with Crippen LogP contribution in [-0.2, 0) is 0 Å². The minimum Gasteiger partial charge on any atom is -0.435 e. The van der Waals surface area contributed by atoms with Gasteiger partial charge in [-0.25, -0.2) is 0 Å². The Morgan fingerprint density at radius 3 is 2.53 bits per heavy atom. The highest BCUT2D eigenvalue weighted by atomic mass is 19.3. The van der Waals surface area contributed by atoms with E-state index < -0.39 is 6.61 Å². The van der Waals surface area contributed by atoms with Crippen molar-refractivity contribution >= 4 is 10.8 Å². The van der Waals surface area contributed by atoms with Crippen molar-refractivity contribution in [3.8, 4) is 5.75 Å². The molecule has 78 valence electrons. The topological polar surface area (TPSA) is 9.23 Å². The number of aryl methyl sites for hydroxylation is 1. The molecule has 0 aliphatic rings. The summed E-state index contributed by atoms with van der Waals surface area (Å²) in [7, 11) is 0. The van der Waals surface area contributed by atoms with Gasteiger partial charge in [-0.1, -0.05) is 30.3 Å². The highest BCUT2D eigenvalue weighted by Crippen LogP contribution is 2.27. The van der Waals surface area contributed by atoms with Gasteiger partial charge in [0.2, 0.25) is 0 Å². The molecule has 0 aliphatic heterocycles. The summed E-state index contributed by atoms with van der Waals surface area (Å²) >= 11 is 0. The summed E-state index contributed by atoms with van der Waals surface area (Å²) in [5.74, 6) is 0.240. The first-order valence-electron chi connectivity index (χ1n) is 4.61. The van der Waals surface area contributed by atoms with Crippen molar-refractivity contribution in [2.24, 2.45) is 0 Å². The zero-order valence-corrected chi connectivity index (χ0v) is 8.21. The van der Waals surface area contributed by atoms with Crippen molar-refractivity contribution < 1.29 is 13.5 Å². The molecule has 2 aromatic carbocycles. The molecule has 0 amide bonds. The maximum absolute atomic E-state index is 12.1. The number of ether oxygens (including phenoxy) is 1. The van der Waals surface area contributed by atoms with Crippen LogP contribution in [0.3, 0.4) is 0 Å². The zero-order valence-electron chi connectivity index (χ0n) is 8.21. The minimum absolute atomic E-state index is 0.240. The average molecular weight is 208 g/mol. The van der Waals surface area contributed by atoms with E-state index >= 15 is 0 Å². The van der Waals surface area contributed by atoms with Crippen molar-refractivity contribution in [2.75, 3.05) is 0 Å². The van der Waals surface area contributed by atoms with E-state index in [1.54, 1.807) is 19.1 Å². The normalized spacial score (nSPS) is 10.9. The number of hydrogen-bond acceptors (Lipinski definition) is 1. The molecule has 0 bridgehead atoms. The lowest BCUT2D eigenvalue weighted by Crippen LogP contribution is -2.03. The fraction of sp³-hybridized carbons (Fsp3) is 0.167. The van der Waals surface area contributed by atoms with Gasteiger partial charge in [-0.3, -0.25) is 0 Å². The zero-order chi connectivity index (χ0) is 10.8. The first-order valence-corrected chi connectivity index (χ1v) is 4.61. The van der Waals surface area contributed by atoms with Gasteiger partial charge in [0.1, 0.15) is 5.75 Å². The summed E-state index contributed by atoms with van der Waals surface area (Å²) in [5, 5.41) is 1.97. The Hall–Kier alpha value is -1.64. The van der Waals surface area contributed by atoms with Gasteiger partial charge in [0.15, 0.2) is 0 Å². The number of benzene rings is 2. The first-order chi connectivity index (χ1) is 7.18. The van der Waals surface area contributed by atoms with Gasteiger partial charge in [-0.2, -0.15) is 8.78 Å². The highest BCUT2D eigenvalue weighted by Gasteiger charge is 2.08. The van der Waals surface area contributed by atoms with Crippen molar-refractivity contribution in [3.05, 3.63) is 42.0 Å². The van der Waals surface area contributed by atoms with Gasteiger partial charge in [-0.15, -0.1) is 0 Å². The number of halogens is 2. The van der Waals surface area contributed by atoms with Crippen LogP contribution in [0.15, 0.2) is 36.4 Å². The molecule has 0 unspecified atom stereocenters. The summed E-state index contributed by atoms with van der Waals surface area (Å²) in [6, 6.07) is 11.0. The molecule has 0 aromatic heterocycles. The Labute approximate surface area is 86.3 Å². The van der Waals surface area contributed by atoms with Crippen molar-refractivity contribution in [3.63, 3.8) is 0 Å². The van der Waals surface area contributed by atoms with E-state index in [1.807, 2.05) is 24.3 Å². The smallest absolute Gasteiger partial charge is 0.387 e. The molecule has 2 rings (SSSR count). The van der Waals surface area contributed by atoms with Gasteiger partial charge >= 0.3 is 6.61 Å². The van der Waals surface area contributed by atoms with E-state index in [0.717, 1.165) is 16.3 Å². The maximum Gasteiger partial charge on any atom is 0.387 e. The van der Waals surface area contributed by atoms with Crippen LogP contribution in [0.25, 0.3) is 10.8 Å². The third-order valence-corrected chi connectivity index (χ3v) is 2.36. The van der Waals surface area contributed by atoms with Crippen molar-refractivity contribution in [2.45, 2.75) is 13.5 Å². The van der Waals surface area contributed by atoms with Gasteiger partial charge < -0.3 is 4.74 Å². The SMILES string of the molecule is Cc1c(OC(F)F)ccc2ccccc12. The molecule has 0 aliphatic carbocycles. The van der Waals surface area contributed by atoms with Gasteiger partial charge in [0, 0.05) is 0 Å². The van der Waals surface area contributed by atoms with Crippen LogP contribution in [0.4, 0.5) is 8.78 Å². The summed E-state index contributed by atoms with van der Waals surface area (Å²) in [4.78, 5) is 0. The lowest BCUT2D eigenvalue weighted by atomic mass is 10.1. The quantitative estimate of drug-likeness (QED) is 0.730. The molecule has 1 nitrogen and oxygen atoms in total. The Bertz CT molecular complexity index is 480. The van der Waals surface area contributed by atoms with Crippen LogP contribution in [0.1, 0.15) is 5.56 Å². The molecule has 0 spiro atoms. The van der Waals surface area contributed by atoms with E-state index in [0.29, 0.717) is 0 Å². The van der Waals surface area contributed by atoms with Crippen LogP contribution < -0.4 is 4.74 Å². The van der Waals surface area contributed by atoms with Gasteiger partial charge in [-0.05, 0) is 29.3 Å². The largest absolute Gasteiger partial charge is 0.435 e. The predicted molar refractivity (Wildman–Crippen MR) is 55.3 cm³/mol. The number of alkyl halides is 2. The molecule has 0 N–H and O–H groups in total. The fourth-order valence-electron chi connectivity index (χ4n) is 1.63. The van der Waals surface area contributed by atoms with E-state index in [2.05, 4.69) is 4.74 Å². The van der Waals surface area contributed by atoms with Crippen LogP contribution in [0.2, 0.25) is 0 Å².